The molecule has 0 bridgehead atoms. The fraction of sp³-hybridized carbons (Fsp3) is 0.286. The lowest BCUT2D eigenvalue weighted by Crippen LogP contribution is -2.43. The number of hydrogen-bond donors (Lipinski definition) is 2. The van der Waals surface area contributed by atoms with Gasteiger partial charge in [-0.25, -0.2) is 9.18 Å². The van der Waals surface area contributed by atoms with Crippen LogP contribution in [0.5, 0.6) is 0 Å². The number of aromatic amines is 1. The number of ether oxygens (including phenoxy) is 1. The number of nitrogens with zero attached hydrogens (tertiary/aromatic N) is 1. The van der Waals surface area contributed by atoms with Crippen LogP contribution >= 0.6 is 0 Å². The van der Waals surface area contributed by atoms with E-state index in [1.807, 2.05) is 0 Å². The third kappa shape index (κ3) is 2.67. The predicted octanol–water partition coefficient (Wildman–Crippen LogP) is 1.37. The number of amides is 2. The Morgan fingerprint density at radius 2 is 2.29 bits per heavy atom. The Morgan fingerprint density at radius 3 is 3.00 bits per heavy atom. The standard InChI is InChI=1S/C14H14FN3O3/c1-18(13(19)12-7-21-14(20)17-12)6-10-5-8-4-9(15)2-3-11(8)16-10/h2-5,12,16H,6-7H2,1H3,(H,17,20)/t12-/m0/s1. The normalized spacial score (nSPS) is 17.6. The van der Waals surface area contributed by atoms with E-state index < -0.39 is 12.1 Å². The van der Waals surface area contributed by atoms with Crippen LogP contribution in [0.1, 0.15) is 5.69 Å². The summed E-state index contributed by atoms with van der Waals surface area (Å²) in [6.07, 6.45) is -0.581. The van der Waals surface area contributed by atoms with Crippen LogP contribution in [0.2, 0.25) is 0 Å². The Hall–Kier alpha value is -2.57. The van der Waals surface area contributed by atoms with Crippen molar-refractivity contribution in [3.05, 3.63) is 35.8 Å². The Kier molecular flexibility index (Phi) is 3.25. The minimum atomic E-state index is -0.649. The van der Waals surface area contributed by atoms with Crippen molar-refractivity contribution in [1.29, 1.82) is 0 Å². The van der Waals surface area contributed by atoms with E-state index in [-0.39, 0.29) is 18.3 Å². The number of carbonyl (C=O) groups excluding carboxylic acids is 2. The highest BCUT2D eigenvalue weighted by atomic mass is 19.1. The number of benzene rings is 1. The monoisotopic (exact) mass is 291 g/mol. The van der Waals surface area contributed by atoms with E-state index in [4.69, 9.17) is 4.74 Å². The smallest absolute Gasteiger partial charge is 0.407 e. The van der Waals surface area contributed by atoms with Gasteiger partial charge in [-0.1, -0.05) is 0 Å². The topological polar surface area (TPSA) is 74.4 Å². The number of cyclic esters (lactones) is 1. The average Bonchev–Trinajstić information content (AvgIpc) is 3.03. The number of H-pyrrole nitrogens is 1. The van der Waals surface area contributed by atoms with Crippen molar-refractivity contribution in [3.63, 3.8) is 0 Å². The fourth-order valence-electron chi connectivity index (χ4n) is 2.37. The van der Waals surface area contributed by atoms with Gasteiger partial charge in [-0.3, -0.25) is 4.79 Å². The molecule has 2 amide bonds. The Bertz CT molecular complexity index is 713. The van der Waals surface area contributed by atoms with Crippen molar-refractivity contribution in [2.24, 2.45) is 0 Å². The van der Waals surface area contributed by atoms with E-state index in [0.29, 0.717) is 6.54 Å². The van der Waals surface area contributed by atoms with Crippen molar-refractivity contribution in [1.82, 2.24) is 15.2 Å². The van der Waals surface area contributed by atoms with E-state index in [1.54, 1.807) is 19.2 Å². The van der Waals surface area contributed by atoms with Crippen LogP contribution in [0, 0.1) is 5.82 Å². The number of halogens is 1. The molecule has 110 valence electrons. The van der Waals surface area contributed by atoms with Gasteiger partial charge in [-0.2, -0.15) is 0 Å². The Labute approximate surface area is 119 Å². The molecule has 1 fully saturated rings. The second-order valence-corrected chi connectivity index (χ2v) is 5.02. The van der Waals surface area contributed by atoms with Gasteiger partial charge >= 0.3 is 6.09 Å². The van der Waals surface area contributed by atoms with Gasteiger partial charge in [0.1, 0.15) is 18.5 Å². The summed E-state index contributed by atoms with van der Waals surface area (Å²) in [7, 11) is 1.64. The first-order valence-corrected chi connectivity index (χ1v) is 6.48. The summed E-state index contributed by atoms with van der Waals surface area (Å²) in [6.45, 7) is 0.376. The second-order valence-electron chi connectivity index (χ2n) is 5.02. The number of carbonyl (C=O) groups is 2. The number of nitrogens with one attached hydrogen (secondary N) is 2. The SMILES string of the molecule is CN(Cc1cc2cc(F)ccc2[nH]1)C(=O)[C@@H]1COC(=O)N1. The lowest BCUT2D eigenvalue weighted by molar-refractivity contribution is -0.132. The van der Waals surface area contributed by atoms with Gasteiger partial charge in [-0.15, -0.1) is 0 Å². The molecule has 1 saturated heterocycles. The zero-order chi connectivity index (χ0) is 15.0. The van der Waals surface area contributed by atoms with Gasteiger partial charge in [0, 0.05) is 23.6 Å². The maximum atomic E-state index is 13.1. The summed E-state index contributed by atoms with van der Waals surface area (Å²) in [5, 5.41) is 3.20. The van der Waals surface area contributed by atoms with Crippen molar-refractivity contribution in [2.45, 2.75) is 12.6 Å². The maximum absolute atomic E-state index is 13.1. The number of hydrogen-bond acceptors (Lipinski definition) is 3. The molecule has 3 rings (SSSR count). The largest absolute Gasteiger partial charge is 0.447 e. The fourth-order valence-corrected chi connectivity index (χ4v) is 2.37. The molecule has 1 aromatic carbocycles. The van der Waals surface area contributed by atoms with Crippen molar-refractivity contribution in [2.75, 3.05) is 13.7 Å². The van der Waals surface area contributed by atoms with Crippen molar-refractivity contribution in [3.8, 4) is 0 Å². The maximum Gasteiger partial charge on any atom is 0.407 e. The van der Waals surface area contributed by atoms with Gasteiger partial charge in [0.05, 0.1) is 6.54 Å². The van der Waals surface area contributed by atoms with Gasteiger partial charge < -0.3 is 19.9 Å². The minimum absolute atomic E-state index is 0.0416. The number of likely N-dealkylation sites (N-methyl/N-ethyl adjacent to an activating group) is 1. The van der Waals surface area contributed by atoms with Crippen LogP contribution in [0.4, 0.5) is 9.18 Å². The molecule has 1 aromatic heterocycles. The molecular formula is C14H14FN3O3. The second kappa shape index (κ2) is 5.08. The molecule has 7 heteroatoms. The number of aromatic nitrogens is 1. The van der Waals surface area contributed by atoms with Gasteiger partial charge in [0.25, 0.3) is 0 Å². The summed E-state index contributed by atoms with van der Waals surface area (Å²) in [5.41, 5.74) is 1.60. The third-order valence-electron chi connectivity index (χ3n) is 3.39. The predicted molar refractivity (Wildman–Crippen MR) is 73.0 cm³/mol. The Morgan fingerprint density at radius 1 is 1.48 bits per heavy atom. The summed E-state index contributed by atoms with van der Waals surface area (Å²) in [6, 6.07) is 5.61. The lowest BCUT2D eigenvalue weighted by Gasteiger charge is -2.19. The van der Waals surface area contributed by atoms with Crippen LogP contribution < -0.4 is 5.32 Å². The minimum Gasteiger partial charge on any atom is -0.447 e. The highest BCUT2D eigenvalue weighted by Gasteiger charge is 2.31. The number of fused-ring (bicyclic) bond motifs is 1. The molecule has 6 nitrogen and oxygen atoms in total. The third-order valence-corrected chi connectivity index (χ3v) is 3.39. The molecule has 2 N–H and O–H groups in total. The summed E-state index contributed by atoms with van der Waals surface area (Å²) >= 11 is 0. The molecule has 0 radical (unpaired) electrons. The van der Waals surface area contributed by atoms with Gasteiger partial charge in [-0.05, 0) is 24.3 Å². The zero-order valence-electron chi connectivity index (χ0n) is 11.4. The molecule has 0 saturated carbocycles. The summed E-state index contributed by atoms with van der Waals surface area (Å²) < 4.78 is 17.8. The molecule has 0 aliphatic carbocycles. The molecule has 0 spiro atoms. The average molecular weight is 291 g/mol. The van der Waals surface area contributed by atoms with Crippen LogP contribution in [-0.2, 0) is 16.1 Å². The first kappa shape index (κ1) is 13.4. The molecule has 21 heavy (non-hydrogen) atoms. The zero-order valence-corrected chi connectivity index (χ0v) is 11.4. The van der Waals surface area contributed by atoms with Crippen molar-refractivity contribution < 1.29 is 18.7 Å². The van der Waals surface area contributed by atoms with Crippen LogP contribution in [0.3, 0.4) is 0 Å². The molecular weight excluding hydrogens is 277 g/mol. The molecule has 2 heterocycles. The van der Waals surface area contributed by atoms with E-state index in [0.717, 1.165) is 16.6 Å². The van der Waals surface area contributed by atoms with Gasteiger partial charge in [0.15, 0.2) is 0 Å². The number of rotatable bonds is 3. The summed E-state index contributed by atoms with van der Waals surface area (Å²) in [5.74, 6) is -0.533. The van der Waals surface area contributed by atoms with Crippen molar-refractivity contribution >= 4 is 22.9 Å². The molecule has 1 atom stereocenters. The summed E-state index contributed by atoms with van der Waals surface area (Å²) in [4.78, 5) is 27.7. The quantitative estimate of drug-likeness (QED) is 0.897. The van der Waals surface area contributed by atoms with Crippen LogP contribution in [0.25, 0.3) is 10.9 Å². The van der Waals surface area contributed by atoms with Gasteiger partial charge in [0.2, 0.25) is 5.91 Å². The highest BCUT2D eigenvalue weighted by Crippen LogP contribution is 2.17. The van der Waals surface area contributed by atoms with Crippen LogP contribution in [0.15, 0.2) is 24.3 Å². The lowest BCUT2D eigenvalue weighted by atomic mass is 10.2. The number of alkyl carbamates (subject to hydrolysis) is 1. The van der Waals surface area contributed by atoms with E-state index in [9.17, 15) is 14.0 Å². The molecule has 0 unspecified atom stereocenters. The van der Waals surface area contributed by atoms with E-state index in [2.05, 4.69) is 10.3 Å². The molecule has 1 aliphatic heterocycles. The first-order chi connectivity index (χ1) is 10.0. The molecule has 1 aliphatic rings. The van der Waals surface area contributed by atoms with Crippen LogP contribution in [-0.4, -0.2) is 41.6 Å². The highest BCUT2D eigenvalue weighted by molar-refractivity contribution is 5.88. The van der Waals surface area contributed by atoms with E-state index in [1.165, 1.54) is 17.0 Å². The van der Waals surface area contributed by atoms with E-state index >= 15 is 0 Å². The Balaban J connectivity index is 1.72. The molecule has 2 aromatic rings. The first-order valence-electron chi connectivity index (χ1n) is 6.48.